The van der Waals surface area contributed by atoms with Gasteiger partial charge in [-0.1, -0.05) is 26.0 Å². The number of aromatic nitrogens is 1. The molecule has 0 bridgehead atoms. The number of halogens is 4. The van der Waals surface area contributed by atoms with Gasteiger partial charge in [-0.3, -0.25) is 0 Å². The van der Waals surface area contributed by atoms with Gasteiger partial charge in [0.05, 0.1) is 0 Å². The van der Waals surface area contributed by atoms with Crippen molar-refractivity contribution in [3.63, 3.8) is 0 Å². The maximum absolute atomic E-state index is 13.6. The Balaban J connectivity index is 2.55. The Morgan fingerprint density at radius 2 is 1.57 bits per heavy atom. The van der Waals surface area contributed by atoms with Gasteiger partial charge in [-0.05, 0) is 30.0 Å². The molecule has 6 heteroatoms. The third-order valence-corrected chi connectivity index (χ3v) is 2.96. The minimum absolute atomic E-state index is 0.00301. The summed E-state index contributed by atoms with van der Waals surface area (Å²) in [6.45, 7) is 5.48. The molecule has 0 N–H and O–H groups in total. The summed E-state index contributed by atoms with van der Waals surface area (Å²) in [6.07, 6.45) is 0. The van der Waals surface area contributed by atoms with Crippen LogP contribution < -0.4 is 4.74 Å². The van der Waals surface area contributed by atoms with Crippen LogP contribution in [0.25, 0.3) is 0 Å². The predicted octanol–water partition coefficient (Wildman–Crippen LogP) is 4.86. The van der Waals surface area contributed by atoms with E-state index in [0.717, 1.165) is 5.56 Å². The first kappa shape index (κ1) is 15.3. The van der Waals surface area contributed by atoms with Gasteiger partial charge in [0, 0.05) is 0 Å². The number of nitrogens with zero attached hydrogens (tertiary/aromatic N) is 1. The molecule has 2 aromatic rings. The molecule has 112 valence electrons. The van der Waals surface area contributed by atoms with E-state index in [2.05, 4.69) is 4.98 Å². The van der Waals surface area contributed by atoms with E-state index in [1.54, 1.807) is 19.1 Å². The van der Waals surface area contributed by atoms with Crippen LogP contribution in [0.4, 0.5) is 17.6 Å². The average Bonchev–Trinajstić information content (AvgIpc) is 2.41. The van der Waals surface area contributed by atoms with E-state index >= 15 is 0 Å². The van der Waals surface area contributed by atoms with Gasteiger partial charge >= 0.3 is 0 Å². The molecule has 0 fully saturated rings. The molecule has 0 radical (unpaired) electrons. The molecule has 1 aromatic carbocycles. The Bertz CT molecular complexity index is 660. The SMILES string of the molecule is Cc1ccc(C(C)C)c(Oc2c(F)c(F)nc(F)c2F)c1. The minimum Gasteiger partial charge on any atom is -0.450 e. The fraction of sp³-hybridized carbons (Fsp3) is 0.267. The largest absolute Gasteiger partial charge is 0.450 e. The van der Waals surface area contributed by atoms with Crippen molar-refractivity contribution in [3.05, 3.63) is 52.9 Å². The topological polar surface area (TPSA) is 22.1 Å². The number of ether oxygens (including phenoxy) is 1. The third-order valence-electron chi connectivity index (χ3n) is 2.96. The van der Waals surface area contributed by atoms with Crippen LogP contribution in [-0.4, -0.2) is 4.98 Å². The summed E-state index contributed by atoms with van der Waals surface area (Å²) in [5, 5.41) is 0. The number of benzene rings is 1. The van der Waals surface area contributed by atoms with Gasteiger partial charge in [0.2, 0.25) is 17.4 Å². The number of pyridine rings is 1. The molecule has 0 aliphatic heterocycles. The van der Waals surface area contributed by atoms with E-state index in [9.17, 15) is 17.6 Å². The van der Waals surface area contributed by atoms with Crippen LogP contribution in [0.2, 0.25) is 0 Å². The fourth-order valence-electron chi connectivity index (χ4n) is 1.87. The normalized spacial score (nSPS) is 11.0. The van der Waals surface area contributed by atoms with Gasteiger partial charge in [0.15, 0.2) is 0 Å². The first-order valence-electron chi connectivity index (χ1n) is 6.29. The van der Waals surface area contributed by atoms with E-state index in [4.69, 9.17) is 4.74 Å². The lowest BCUT2D eigenvalue weighted by atomic mass is 10.0. The van der Waals surface area contributed by atoms with Crippen molar-refractivity contribution in [1.29, 1.82) is 0 Å². The quantitative estimate of drug-likeness (QED) is 0.596. The van der Waals surface area contributed by atoms with E-state index in [0.29, 0.717) is 5.56 Å². The standard InChI is InChI=1S/C15H13F4NO/c1-7(2)9-5-4-8(3)6-10(9)21-13-11(16)14(18)20-15(19)12(13)17/h4-7H,1-3H3. The Kier molecular flexibility index (Phi) is 4.16. The van der Waals surface area contributed by atoms with Crippen LogP contribution in [0.15, 0.2) is 18.2 Å². The summed E-state index contributed by atoms with van der Waals surface area (Å²) >= 11 is 0. The fourth-order valence-corrected chi connectivity index (χ4v) is 1.87. The van der Waals surface area contributed by atoms with Crippen molar-refractivity contribution in [2.45, 2.75) is 26.7 Å². The van der Waals surface area contributed by atoms with Crippen molar-refractivity contribution in [2.24, 2.45) is 0 Å². The van der Waals surface area contributed by atoms with Crippen molar-refractivity contribution >= 4 is 0 Å². The van der Waals surface area contributed by atoms with Crippen LogP contribution in [0.1, 0.15) is 30.9 Å². The van der Waals surface area contributed by atoms with Crippen molar-refractivity contribution in [2.75, 3.05) is 0 Å². The first-order chi connectivity index (χ1) is 9.81. The van der Waals surface area contributed by atoms with Crippen LogP contribution in [-0.2, 0) is 0 Å². The highest BCUT2D eigenvalue weighted by atomic mass is 19.2. The van der Waals surface area contributed by atoms with Gasteiger partial charge in [0.25, 0.3) is 11.9 Å². The van der Waals surface area contributed by atoms with E-state index in [-0.39, 0.29) is 11.7 Å². The van der Waals surface area contributed by atoms with Gasteiger partial charge < -0.3 is 4.74 Å². The summed E-state index contributed by atoms with van der Waals surface area (Å²) in [7, 11) is 0. The zero-order chi connectivity index (χ0) is 15.7. The maximum atomic E-state index is 13.6. The second-order valence-corrected chi connectivity index (χ2v) is 4.95. The zero-order valence-corrected chi connectivity index (χ0v) is 11.7. The Labute approximate surface area is 119 Å². The maximum Gasteiger partial charge on any atom is 0.255 e. The highest BCUT2D eigenvalue weighted by Crippen LogP contribution is 2.34. The lowest BCUT2D eigenvalue weighted by Gasteiger charge is -2.15. The van der Waals surface area contributed by atoms with Crippen LogP contribution in [0, 0.1) is 30.5 Å². The van der Waals surface area contributed by atoms with Crippen molar-refractivity contribution < 1.29 is 22.3 Å². The lowest BCUT2D eigenvalue weighted by Crippen LogP contribution is -2.04. The highest BCUT2D eigenvalue weighted by Gasteiger charge is 2.24. The van der Waals surface area contributed by atoms with Crippen LogP contribution in [0.3, 0.4) is 0 Å². The number of rotatable bonds is 3. The third kappa shape index (κ3) is 2.99. The van der Waals surface area contributed by atoms with Gasteiger partial charge in [-0.15, -0.1) is 0 Å². The second-order valence-electron chi connectivity index (χ2n) is 4.95. The monoisotopic (exact) mass is 299 g/mol. The molecule has 2 nitrogen and oxygen atoms in total. The first-order valence-corrected chi connectivity index (χ1v) is 6.29. The molecule has 0 amide bonds. The van der Waals surface area contributed by atoms with Gasteiger partial charge in [-0.25, -0.2) is 0 Å². The molecule has 2 rings (SSSR count). The van der Waals surface area contributed by atoms with Gasteiger partial charge in [0.1, 0.15) is 5.75 Å². The van der Waals surface area contributed by atoms with Crippen molar-refractivity contribution in [3.8, 4) is 11.5 Å². The van der Waals surface area contributed by atoms with Crippen molar-refractivity contribution in [1.82, 2.24) is 4.98 Å². The molecule has 0 saturated carbocycles. The molecule has 0 atom stereocenters. The molecule has 0 saturated heterocycles. The van der Waals surface area contributed by atoms with E-state index < -0.39 is 29.3 Å². The molecular formula is C15H13F4NO. The van der Waals surface area contributed by atoms with Crippen LogP contribution in [0.5, 0.6) is 11.5 Å². The zero-order valence-electron chi connectivity index (χ0n) is 11.7. The van der Waals surface area contributed by atoms with Gasteiger partial charge in [-0.2, -0.15) is 22.5 Å². The Morgan fingerprint density at radius 3 is 2.10 bits per heavy atom. The van der Waals surface area contributed by atoms with Crippen LogP contribution >= 0.6 is 0 Å². The molecule has 0 unspecified atom stereocenters. The Hall–Kier alpha value is -2.11. The molecule has 21 heavy (non-hydrogen) atoms. The number of hydrogen-bond acceptors (Lipinski definition) is 2. The van der Waals surface area contributed by atoms with E-state index in [1.807, 2.05) is 19.9 Å². The number of aryl methyl sites for hydroxylation is 1. The summed E-state index contributed by atoms with van der Waals surface area (Å²) in [5.41, 5.74) is 1.45. The molecule has 0 aliphatic rings. The molecule has 1 heterocycles. The number of hydrogen-bond donors (Lipinski definition) is 0. The summed E-state index contributed by atoms with van der Waals surface area (Å²) in [4.78, 5) is 2.49. The Morgan fingerprint density at radius 1 is 1.00 bits per heavy atom. The summed E-state index contributed by atoms with van der Waals surface area (Å²) in [6, 6.07) is 5.09. The summed E-state index contributed by atoms with van der Waals surface area (Å²) in [5.74, 6) is -7.80. The predicted molar refractivity (Wildman–Crippen MR) is 69.4 cm³/mol. The van der Waals surface area contributed by atoms with E-state index in [1.165, 1.54) is 0 Å². The minimum atomic E-state index is -1.75. The smallest absolute Gasteiger partial charge is 0.255 e. The average molecular weight is 299 g/mol. The molecule has 1 aromatic heterocycles. The second kappa shape index (κ2) is 5.71. The summed E-state index contributed by atoms with van der Waals surface area (Å²) < 4.78 is 58.5. The highest BCUT2D eigenvalue weighted by molar-refractivity contribution is 5.42. The lowest BCUT2D eigenvalue weighted by molar-refractivity contribution is 0.341. The molecular weight excluding hydrogens is 286 g/mol. The molecule has 0 aliphatic carbocycles. The molecule has 0 spiro atoms.